The Hall–Kier alpha value is -3.11. The average Bonchev–Trinajstić information content (AvgIpc) is 2.84. The van der Waals surface area contributed by atoms with Crippen LogP contribution < -0.4 is 10.2 Å². The second kappa shape index (κ2) is 9.17. The summed E-state index contributed by atoms with van der Waals surface area (Å²) in [6.07, 6.45) is 0.795. The smallest absolute Gasteiger partial charge is 0.226 e. The Morgan fingerprint density at radius 3 is 2.41 bits per heavy atom. The number of fused-ring (bicyclic) bond motifs is 3. The summed E-state index contributed by atoms with van der Waals surface area (Å²) in [7, 11) is 0. The van der Waals surface area contributed by atoms with Gasteiger partial charge in [-0.1, -0.05) is 78.9 Å². The van der Waals surface area contributed by atoms with Crippen molar-refractivity contribution >= 4 is 11.6 Å². The second-order valence-corrected chi connectivity index (χ2v) is 9.06. The molecule has 4 nitrogen and oxygen atoms in total. The van der Waals surface area contributed by atoms with E-state index in [1.807, 2.05) is 18.2 Å². The van der Waals surface area contributed by atoms with Crippen molar-refractivity contribution in [3.63, 3.8) is 0 Å². The summed E-state index contributed by atoms with van der Waals surface area (Å²) in [4.78, 5) is 18.5. The van der Waals surface area contributed by atoms with Gasteiger partial charge in [-0.2, -0.15) is 0 Å². The number of anilines is 1. The number of carbonyl (C=O) groups excluding carboxylic acids is 1. The maximum absolute atomic E-state index is 13.6. The van der Waals surface area contributed by atoms with Gasteiger partial charge in [0.15, 0.2) is 0 Å². The molecule has 0 aromatic heterocycles. The SMILES string of the molecule is C[C@H](NC(=O)[C@H]1Cc2ccccc2N2CCN(Cc3ccccc3)C[C@@H]12)c1ccccc1. The van der Waals surface area contributed by atoms with Crippen LogP contribution in [0.15, 0.2) is 84.9 Å². The first-order valence-corrected chi connectivity index (χ1v) is 11.6. The van der Waals surface area contributed by atoms with Crippen LogP contribution in [-0.4, -0.2) is 36.5 Å². The first kappa shape index (κ1) is 20.8. The van der Waals surface area contributed by atoms with Crippen molar-refractivity contribution in [3.8, 4) is 0 Å². The van der Waals surface area contributed by atoms with Crippen LogP contribution in [0.1, 0.15) is 29.7 Å². The number of nitrogens with zero attached hydrogens (tertiary/aromatic N) is 2. The Balaban J connectivity index is 1.37. The van der Waals surface area contributed by atoms with Gasteiger partial charge in [-0.05, 0) is 36.1 Å². The molecule has 1 amide bonds. The van der Waals surface area contributed by atoms with Crippen LogP contribution in [0, 0.1) is 5.92 Å². The predicted molar refractivity (Wildman–Crippen MR) is 129 cm³/mol. The van der Waals surface area contributed by atoms with E-state index in [2.05, 4.69) is 88.8 Å². The minimum atomic E-state index is -0.0605. The van der Waals surface area contributed by atoms with E-state index >= 15 is 0 Å². The minimum Gasteiger partial charge on any atom is -0.365 e. The monoisotopic (exact) mass is 425 g/mol. The van der Waals surface area contributed by atoms with Crippen LogP contribution in [0.4, 0.5) is 5.69 Å². The molecule has 3 atom stereocenters. The van der Waals surface area contributed by atoms with E-state index in [0.29, 0.717) is 0 Å². The summed E-state index contributed by atoms with van der Waals surface area (Å²) >= 11 is 0. The van der Waals surface area contributed by atoms with Crippen molar-refractivity contribution < 1.29 is 4.79 Å². The Morgan fingerprint density at radius 2 is 1.62 bits per heavy atom. The fourth-order valence-corrected chi connectivity index (χ4v) is 5.25. The van der Waals surface area contributed by atoms with Gasteiger partial charge in [0, 0.05) is 31.9 Å². The Kier molecular flexibility index (Phi) is 5.95. The molecular formula is C28H31N3O. The molecule has 0 aliphatic carbocycles. The van der Waals surface area contributed by atoms with Crippen molar-refractivity contribution in [3.05, 3.63) is 102 Å². The highest BCUT2D eigenvalue weighted by atomic mass is 16.2. The number of piperazine rings is 1. The van der Waals surface area contributed by atoms with Crippen LogP contribution in [0.2, 0.25) is 0 Å². The quantitative estimate of drug-likeness (QED) is 0.657. The predicted octanol–water partition coefficient (Wildman–Crippen LogP) is 4.43. The number of para-hydroxylation sites is 1. The number of amides is 1. The number of hydrogen-bond acceptors (Lipinski definition) is 3. The summed E-state index contributed by atoms with van der Waals surface area (Å²) in [5, 5.41) is 3.31. The topological polar surface area (TPSA) is 35.6 Å². The molecule has 2 aliphatic heterocycles. The van der Waals surface area contributed by atoms with E-state index < -0.39 is 0 Å². The Morgan fingerprint density at radius 1 is 0.938 bits per heavy atom. The third-order valence-corrected chi connectivity index (χ3v) is 6.95. The maximum Gasteiger partial charge on any atom is 0.226 e. The highest BCUT2D eigenvalue weighted by Crippen LogP contribution is 2.36. The van der Waals surface area contributed by atoms with Crippen LogP contribution in [0.5, 0.6) is 0 Å². The standard InChI is InChI=1S/C28H31N3O/c1-21(23-12-6-3-7-13-23)29-28(32)25-18-24-14-8-9-15-26(24)31-17-16-30(20-27(25)31)19-22-10-4-2-5-11-22/h2-15,21,25,27H,16-20H2,1H3,(H,29,32)/t21-,25-,27-/m0/s1. The maximum atomic E-state index is 13.6. The summed E-state index contributed by atoms with van der Waals surface area (Å²) in [5.41, 5.74) is 5.06. The molecule has 2 aliphatic rings. The van der Waals surface area contributed by atoms with E-state index in [9.17, 15) is 4.79 Å². The first-order valence-electron chi connectivity index (χ1n) is 11.6. The van der Waals surface area contributed by atoms with Crippen LogP contribution in [0.25, 0.3) is 0 Å². The zero-order valence-corrected chi connectivity index (χ0v) is 18.7. The highest BCUT2D eigenvalue weighted by molar-refractivity contribution is 5.82. The molecule has 0 radical (unpaired) electrons. The molecule has 0 bridgehead atoms. The Labute approximate surface area is 190 Å². The van der Waals surface area contributed by atoms with Gasteiger partial charge >= 0.3 is 0 Å². The zero-order valence-electron chi connectivity index (χ0n) is 18.7. The van der Waals surface area contributed by atoms with E-state index in [1.165, 1.54) is 16.8 Å². The molecule has 0 spiro atoms. The molecule has 1 fully saturated rings. The lowest BCUT2D eigenvalue weighted by atomic mass is 9.83. The summed E-state index contributed by atoms with van der Waals surface area (Å²) in [5.74, 6) is 0.0991. The van der Waals surface area contributed by atoms with Gasteiger partial charge in [0.1, 0.15) is 0 Å². The van der Waals surface area contributed by atoms with Crippen molar-refractivity contribution in [2.24, 2.45) is 5.92 Å². The van der Waals surface area contributed by atoms with Crippen molar-refractivity contribution in [1.82, 2.24) is 10.2 Å². The summed E-state index contributed by atoms with van der Waals surface area (Å²) in [6, 6.07) is 29.7. The third-order valence-electron chi connectivity index (χ3n) is 6.95. The van der Waals surface area contributed by atoms with Gasteiger partial charge in [0.05, 0.1) is 18.0 Å². The molecule has 0 saturated carbocycles. The van der Waals surface area contributed by atoms with E-state index in [4.69, 9.17) is 0 Å². The molecule has 0 unspecified atom stereocenters. The van der Waals surface area contributed by atoms with Gasteiger partial charge in [-0.3, -0.25) is 9.69 Å². The largest absolute Gasteiger partial charge is 0.365 e. The van der Waals surface area contributed by atoms with Crippen molar-refractivity contribution in [2.45, 2.75) is 32.0 Å². The van der Waals surface area contributed by atoms with E-state index in [0.717, 1.165) is 38.2 Å². The Bertz CT molecular complexity index is 1050. The summed E-state index contributed by atoms with van der Waals surface area (Å²) in [6.45, 7) is 5.87. The van der Waals surface area contributed by atoms with Gasteiger partial charge in [0.25, 0.3) is 0 Å². The lowest BCUT2D eigenvalue weighted by Gasteiger charge is -2.49. The molecule has 4 heteroatoms. The highest BCUT2D eigenvalue weighted by Gasteiger charge is 2.41. The lowest BCUT2D eigenvalue weighted by Crippen LogP contribution is -2.61. The average molecular weight is 426 g/mol. The fourth-order valence-electron chi connectivity index (χ4n) is 5.25. The molecule has 1 N–H and O–H groups in total. The van der Waals surface area contributed by atoms with Gasteiger partial charge < -0.3 is 10.2 Å². The molecule has 1 saturated heterocycles. The van der Waals surface area contributed by atoms with Crippen LogP contribution in [-0.2, 0) is 17.8 Å². The molecular weight excluding hydrogens is 394 g/mol. The molecule has 2 heterocycles. The number of benzene rings is 3. The number of carbonyl (C=O) groups is 1. The van der Waals surface area contributed by atoms with Gasteiger partial charge in [-0.25, -0.2) is 0 Å². The van der Waals surface area contributed by atoms with Gasteiger partial charge in [-0.15, -0.1) is 0 Å². The van der Waals surface area contributed by atoms with Gasteiger partial charge in [0.2, 0.25) is 5.91 Å². The molecule has 3 aromatic carbocycles. The number of rotatable bonds is 5. The molecule has 5 rings (SSSR count). The van der Waals surface area contributed by atoms with Crippen molar-refractivity contribution in [1.29, 1.82) is 0 Å². The molecule has 164 valence electrons. The first-order chi connectivity index (χ1) is 15.7. The zero-order chi connectivity index (χ0) is 21.9. The number of nitrogens with one attached hydrogen (secondary N) is 1. The molecule has 32 heavy (non-hydrogen) atoms. The number of hydrogen-bond donors (Lipinski definition) is 1. The minimum absolute atomic E-state index is 0.00154. The fraction of sp³-hybridized carbons (Fsp3) is 0.321. The second-order valence-electron chi connectivity index (χ2n) is 9.06. The van der Waals surface area contributed by atoms with Crippen LogP contribution >= 0.6 is 0 Å². The van der Waals surface area contributed by atoms with Crippen LogP contribution in [0.3, 0.4) is 0 Å². The third kappa shape index (κ3) is 4.28. The van der Waals surface area contributed by atoms with Crippen molar-refractivity contribution in [2.75, 3.05) is 24.5 Å². The lowest BCUT2D eigenvalue weighted by molar-refractivity contribution is -0.126. The van der Waals surface area contributed by atoms with E-state index in [1.54, 1.807) is 0 Å². The normalized spacial score (nSPS) is 21.3. The molecule has 3 aromatic rings. The summed E-state index contributed by atoms with van der Waals surface area (Å²) < 4.78 is 0. The van der Waals surface area contributed by atoms with E-state index in [-0.39, 0.29) is 23.9 Å².